The Morgan fingerprint density at radius 2 is 1.79 bits per heavy atom. The van der Waals surface area contributed by atoms with Crippen LogP contribution in [0.3, 0.4) is 0 Å². The van der Waals surface area contributed by atoms with E-state index in [1.807, 2.05) is 38.1 Å². The number of rotatable bonds is 8. The molecule has 5 nitrogen and oxygen atoms in total. The Morgan fingerprint density at radius 1 is 1.07 bits per heavy atom. The van der Waals surface area contributed by atoms with Crippen LogP contribution >= 0.6 is 0 Å². The SMILES string of the molecule is CCN(Cc1ccccc1NCC(=O)NC(C)c1ccc(C)c(C)c1)C(C)=O. The zero-order valence-corrected chi connectivity index (χ0v) is 17.5. The molecule has 0 heterocycles. The van der Waals surface area contributed by atoms with Gasteiger partial charge in [-0.15, -0.1) is 0 Å². The van der Waals surface area contributed by atoms with E-state index < -0.39 is 0 Å². The monoisotopic (exact) mass is 381 g/mol. The highest BCUT2D eigenvalue weighted by atomic mass is 16.2. The molecule has 0 aliphatic rings. The summed E-state index contributed by atoms with van der Waals surface area (Å²) < 4.78 is 0. The maximum absolute atomic E-state index is 12.4. The molecule has 2 amide bonds. The number of nitrogens with one attached hydrogen (secondary N) is 2. The van der Waals surface area contributed by atoms with Crippen molar-refractivity contribution in [1.82, 2.24) is 10.2 Å². The minimum Gasteiger partial charge on any atom is -0.376 e. The molecule has 0 fully saturated rings. The van der Waals surface area contributed by atoms with Gasteiger partial charge in [-0.3, -0.25) is 9.59 Å². The van der Waals surface area contributed by atoms with Crippen molar-refractivity contribution in [3.63, 3.8) is 0 Å². The van der Waals surface area contributed by atoms with Gasteiger partial charge in [0.2, 0.25) is 11.8 Å². The number of carbonyl (C=O) groups excluding carboxylic acids is 2. The van der Waals surface area contributed by atoms with Crippen LogP contribution in [-0.2, 0) is 16.1 Å². The normalized spacial score (nSPS) is 11.6. The van der Waals surface area contributed by atoms with E-state index in [1.165, 1.54) is 11.1 Å². The van der Waals surface area contributed by atoms with E-state index in [-0.39, 0.29) is 24.4 Å². The quantitative estimate of drug-likeness (QED) is 0.727. The zero-order chi connectivity index (χ0) is 20.7. The summed E-state index contributed by atoms with van der Waals surface area (Å²) in [5.74, 6) is -0.0308. The second kappa shape index (κ2) is 9.93. The van der Waals surface area contributed by atoms with Gasteiger partial charge in [0.05, 0.1) is 12.6 Å². The first-order chi connectivity index (χ1) is 13.3. The summed E-state index contributed by atoms with van der Waals surface area (Å²) in [6, 6.07) is 14.0. The minimum atomic E-state index is -0.0700. The molecule has 0 saturated heterocycles. The number of nitrogens with zero attached hydrogens (tertiary/aromatic N) is 1. The van der Waals surface area contributed by atoms with Crippen molar-refractivity contribution in [3.8, 4) is 0 Å². The summed E-state index contributed by atoms with van der Waals surface area (Å²) in [4.78, 5) is 25.9. The molecule has 2 aromatic carbocycles. The van der Waals surface area contributed by atoms with Gasteiger partial charge in [-0.25, -0.2) is 0 Å². The minimum absolute atomic E-state index is 0.0391. The lowest BCUT2D eigenvalue weighted by atomic mass is 10.0. The number of hydrogen-bond donors (Lipinski definition) is 2. The van der Waals surface area contributed by atoms with Crippen LogP contribution in [-0.4, -0.2) is 29.8 Å². The van der Waals surface area contributed by atoms with E-state index in [0.717, 1.165) is 16.8 Å². The number of anilines is 1. The van der Waals surface area contributed by atoms with Crippen LogP contribution in [0.4, 0.5) is 5.69 Å². The van der Waals surface area contributed by atoms with Crippen molar-refractivity contribution in [2.45, 2.75) is 47.2 Å². The number of carbonyl (C=O) groups is 2. The maximum Gasteiger partial charge on any atom is 0.239 e. The fourth-order valence-corrected chi connectivity index (χ4v) is 3.07. The van der Waals surface area contributed by atoms with Crippen LogP contribution < -0.4 is 10.6 Å². The molecular weight excluding hydrogens is 350 g/mol. The standard InChI is InChI=1S/C23H31N3O2/c1-6-26(19(5)27)15-21-9-7-8-10-22(21)24-14-23(28)25-18(4)20-12-11-16(2)17(3)13-20/h7-13,18,24H,6,14-15H2,1-5H3,(H,25,28). The van der Waals surface area contributed by atoms with Crippen molar-refractivity contribution in [1.29, 1.82) is 0 Å². The van der Waals surface area contributed by atoms with E-state index in [1.54, 1.807) is 11.8 Å². The molecule has 0 saturated carbocycles. The maximum atomic E-state index is 12.4. The van der Waals surface area contributed by atoms with Gasteiger partial charge in [0.1, 0.15) is 0 Å². The Balaban J connectivity index is 1.97. The third kappa shape index (κ3) is 5.84. The van der Waals surface area contributed by atoms with Crippen LogP contribution in [0.15, 0.2) is 42.5 Å². The Hall–Kier alpha value is -2.82. The second-order valence-corrected chi connectivity index (χ2v) is 7.18. The Morgan fingerprint density at radius 3 is 2.43 bits per heavy atom. The molecule has 0 aliphatic carbocycles. The molecule has 28 heavy (non-hydrogen) atoms. The number of benzene rings is 2. The van der Waals surface area contributed by atoms with Gasteiger partial charge in [-0.05, 0) is 56.0 Å². The van der Waals surface area contributed by atoms with Gasteiger partial charge in [-0.1, -0.05) is 36.4 Å². The molecule has 0 spiro atoms. The Kier molecular flexibility index (Phi) is 7.61. The second-order valence-electron chi connectivity index (χ2n) is 7.18. The first-order valence-electron chi connectivity index (χ1n) is 9.75. The molecule has 0 aromatic heterocycles. The fourth-order valence-electron chi connectivity index (χ4n) is 3.07. The average molecular weight is 382 g/mol. The highest BCUT2D eigenvalue weighted by Crippen LogP contribution is 2.18. The summed E-state index contributed by atoms with van der Waals surface area (Å²) in [6.45, 7) is 11.0. The number of para-hydroxylation sites is 1. The molecule has 0 aliphatic heterocycles. The molecule has 150 valence electrons. The fraction of sp³-hybridized carbons (Fsp3) is 0.391. The summed E-state index contributed by atoms with van der Waals surface area (Å²) in [5.41, 5.74) is 5.42. The molecular formula is C23H31N3O2. The van der Waals surface area contributed by atoms with E-state index in [2.05, 4.69) is 42.7 Å². The molecule has 5 heteroatoms. The van der Waals surface area contributed by atoms with E-state index in [9.17, 15) is 9.59 Å². The van der Waals surface area contributed by atoms with E-state index in [0.29, 0.717) is 13.1 Å². The molecule has 1 atom stereocenters. The van der Waals surface area contributed by atoms with E-state index >= 15 is 0 Å². The van der Waals surface area contributed by atoms with Crippen molar-refractivity contribution in [3.05, 3.63) is 64.7 Å². The predicted octanol–water partition coefficient (Wildman–Crippen LogP) is 3.96. The van der Waals surface area contributed by atoms with Crippen LogP contribution in [0.1, 0.15) is 49.1 Å². The highest BCUT2D eigenvalue weighted by Gasteiger charge is 2.13. The van der Waals surface area contributed by atoms with Crippen molar-refractivity contribution >= 4 is 17.5 Å². The topological polar surface area (TPSA) is 61.4 Å². The van der Waals surface area contributed by atoms with Crippen LogP contribution in [0.2, 0.25) is 0 Å². The van der Waals surface area contributed by atoms with Crippen molar-refractivity contribution < 1.29 is 9.59 Å². The Bertz CT molecular complexity index is 832. The van der Waals surface area contributed by atoms with Crippen LogP contribution in [0, 0.1) is 13.8 Å². The molecule has 2 N–H and O–H groups in total. The lowest BCUT2D eigenvalue weighted by molar-refractivity contribution is -0.129. The summed E-state index contributed by atoms with van der Waals surface area (Å²) in [7, 11) is 0. The van der Waals surface area contributed by atoms with Gasteiger partial charge < -0.3 is 15.5 Å². The van der Waals surface area contributed by atoms with Crippen LogP contribution in [0.5, 0.6) is 0 Å². The first-order valence-corrected chi connectivity index (χ1v) is 9.75. The molecule has 1 unspecified atom stereocenters. The summed E-state index contributed by atoms with van der Waals surface area (Å²) in [5, 5.41) is 6.25. The smallest absolute Gasteiger partial charge is 0.239 e. The Labute approximate surface area is 168 Å². The van der Waals surface area contributed by atoms with Gasteiger partial charge in [0, 0.05) is 25.7 Å². The van der Waals surface area contributed by atoms with Crippen molar-refractivity contribution in [2.75, 3.05) is 18.4 Å². The predicted molar refractivity (Wildman–Crippen MR) is 114 cm³/mol. The van der Waals surface area contributed by atoms with E-state index in [4.69, 9.17) is 0 Å². The first kappa shape index (κ1) is 21.5. The molecule has 2 rings (SSSR count). The average Bonchev–Trinajstić information content (AvgIpc) is 2.66. The zero-order valence-electron chi connectivity index (χ0n) is 17.5. The highest BCUT2D eigenvalue weighted by molar-refractivity contribution is 5.81. The lowest BCUT2D eigenvalue weighted by Gasteiger charge is -2.21. The third-order valence-electron chi connectivity index (χ3n) is 5.05. The van der Waals surface area contributed by atoms with Crippen LogP contribution in [0.25, 0.3) is 0 Å². The van der Waals surface area contributed by atoms with Gasteiger partial charge in [-0.2, -0.15) is 0 Å². The molecule has 0 bridgehead atoms. The third-order valence-corrected chi connectivity index (χ3v) is 5.05. The largest absolute Gasteiger partial charge is 0.376 e. The molecule has 0 radical (unpaired) electrons. The van der Waals surface area contributed by atoms with Crippen molar-refractivity contribution in [2.24, 2.45) is 0 Å². The number of aryl methyl sites for hydroxylation is 2. The summed E-state index contributed by atoms with van der Waals surface area (Å²) in [6.07, 6.45) is 0. The summed E-state index contributed by atoms with van der Waals surface area (Å²) >= 11 is 0. The van der Waals surface area contributed by atoms with Gasteiger partial charge >= 0.3 is 0 Å². The lowest BCUT2D eigenvalue weighted by Crippen LogP contribution is -2.32. The number of hydrogen-bond acceptors (Lipinski definition) is 3. The number of amides is 2. The molecule has 2 aromatic rings. The van der Waals surface area contributed by atoms with Gasteiger partial charge in [0.15, 0.2) is 0 Å². The van der Waals surface area contributed by atoms with Gasteiger partial charge in [0.25, 0.3) is 0 Å².